The third-order valence-corrected chi connectivity index (χ3v) is 5.34. The fourth-order valence-electron chi connectivity index (χ4n) is 3.65. The zero-order valence-corrected chi connectivity index (χ0v) is 15.8. The van der Waals surface area contributed by atoms with E-state index in [0.29, 0.717) is 17.0 Å². The van der Waals surface area contributed by atoms with Crippen molar-refractivity contribution in [2.75, 3.05) is 0 Å². The first-order valence-electron chi connectivity index (χ1n) is 9.04. The number of fused-ring (bicyclic) bond motifs is 1. The standard InChI is InChI=1S/C24H20ClNO/c1-16-6-5-9-20-22(15-26-24(16)20)21(17-7-3-2-4-8-17)14-23(27)18-10-12-19(25)13-11-18/h2-13,15,21,26H,14H2,1H3. The first-order chi connectivity index (χ1) is 13.1. The number of ketones is 1. The summed E-state index contributed by atoms with van der Waals surface area (Å²) in [6.07, 6.45) is 2.46. The number of aromatic amines is 1. The van der Waals surface area contributed by atoms with E-state index in [4.69, 9.17) is 11.6 Å². The van der Waals surface area contributed by atoms with Gasteiger partial charge in [-0.1, -0.05) is 60.1 Å². The van der Waals surface area contributed by atoms with Crippen molar-refractivity contribution in [1.29, 1.82) is 0 Å². The van der Waals surface area contributed by atoms with E-state index in [9.17, 15) is 4.79 Å². The summed E-state index contributed by atoms with van der Waals surface area (Å²) in [5.41, 5.74) is 5.32. The maximum absolute atomic E-state index is 13.0. The molecule has 0 aliphatic rings. The molecule has 0 aliphatic carbocycles. The fourth-order valence-corrected chi connectivity index (χ4v) is 3.77. The summed E-state index contributed by atoms with van der Waals surface area (Å²) >= 11 is 5.96. The zero-order valence-electron chi connectivity index (χ0n) is 15.1. The van der Waals surface area contributed by atoms with Gasteiger partial charge in [0.05, 0.1) is 0 Å². The Hall–Kier alpha value is -2.84. The highest BCUT2D eigenvalue weighted by atomic mass is 35.5. The van der Waals surface area contributed by atoms with E-state index in [1.807, 2.05) is 24.4 Å². The molecule has 0 saturated heterocycles. The fraction of sp³-hybridized carbons (Fsp3) is 0.125. The van der Waals surface area contributed by atoms with Gasteiger partial charge in [-0.2, -0.15) is 0 Å². The molecule has 3 aromatic carbocycles. The van der Waals surface area contributed by atoms with Crippen LogP contribution in [0, 0.1) is 6.92 Å². The number of nitrogens with one attached hydrogen (secondary N) is 1. The maximum Gasteiger partial charge on any atom is 0.163 e. The van der Waals surface area contributed by atoms with Crippen molar-refractivity contribution in [2.45, 2.75) is 19.3 Å². The summed E-state index contributed by atoms with van der Waals surface area (Å²) in [4.78, 5) is 16.4. The molecular weight excluding hydrogens is 354 g/mol. The number of carbonyl (C=O) groups excluding carboxylic acids is 1. The van der Waals surface area contributed by atoms with Gasteiger partial charge >= 0.3 is 0 Å². The topological polar surface area (TPSA) is 32.9 Å². The number of Topliss-reactive ketones (excluding diaryl/α,β-unsaturated/α-hetero) is 1. The van der Waals surface area contributed by atoms with Gasteiger partial charge in [-0.25, -0.2) is 0 Å². The second kappa shape index (κ2) is 7.42. The summed E-state index contributed by atoms with van der Waals surface area (Å²) in [5, 5.41) is 1.81. The molecule has 2 nitrogen and oxygen atoms in total. The van der Waals surface area contributed by atoms with Crippen LogP contribution in [0.25, 0.3) is 10.9 Å². The Morgan fingerprint density at radius 1 is 0.963 bits per heavy atom. The molecule has 1 N–H and O–H groups in total. The summed E-state index contributed by atoms with van der Waals surface area (Å²) in [6, 6.07) is 23.6. The molecule has 1 heterocycles. The van der Waals surface area contributed by atoms with Crippen molar-refractivity contribution in [2.24, 2.45) is 0 Å². The number of para-hydroxylation sites is 1. The number of benzene rings is 3. The molecule has 0 fully saturated rings. The van der Waals surface area contributed by atoms with Crippen LogP contribution in [0.3, 0.4) is 0 Å². The van der Waals surface area contributed by atoms with Crippen molar-refractivity contribution < 1.29 is 4.79 Å². The summed E-state index contributed by atoms with van der Waals surface area (Å²) in [5.74, 6) is 0.104. The van der Waals surface area contributed by atoms with Crippen molar-refractivity contribution in [1.82, 2.24) is 4.98 Å². The number of rotatable bonds is 5. The average Bonchev–Trinajstić information content (AvgIpc) is 3.12. The Morgan fingerprint density at radius 2 is 1.70 bits per heavy atom. The van der Waals surface area contributed by atoms with Gasteiger partial charge in [0, 0.05) is 40.0 Å². The van der Waals surface area contributed by atoms with E-state index in [2.05, 4.69) is 42.2 Å². The highest BCUT2D eigenvalue weighted by molar-refractivity contribution is 6.30. The van der Waals surface area contributed by atoms with Crippen molar-refractivity contribution in [3.63, 3.8) is 0 Å². The zero-order chi connectivity index (χ0) is 18.8. The lowest BCUT2D eigenvalue weighted by atomic mass is 9.85. The molecule has 0 radical (unpaired) electrons. The average molecular weight is 374 g/mol. The van der Waals surface area contributed by atoms with E-state index < -0.39 is 0 Å². The summed E-state index contributed by atoms with van der Waals surface area (Å²) in [7, 11) is 0. The van der Waals surface area contributed by atoms with Crippen molar-refractivity contribution in [3.05, 3.63) is 106 Å². The molecule has 0 spiro atoms. The molecule has 27 heavy (non-hydrogen) atoms. The van der Waals surface area contributed by atoms with E-state index >= 15 is 0 Å². The molecule has 0 bridgehead atoms. The van der Waals surface area contributed by atoms with Crippen LogP contribution in [-0.4, -0.2) is 10.8 Å². The predicted octanol–water partition coefficient (Wildman–Crippen LogP) is 6.53. The third kappa shape index (κ3) is 3.54. The van der Waals surface area contributed by atoms with Gasteiger partial charge < -0.3 is 4.98 Å². The number of aryl methyl sites for hydroxylation is 1. The quantitative estimate of drug-likeness (QED) is 0.396. The van der Waals surface area contributed by atoms with Gasteiger partial charge in [-0.05, 0) is 47.9 Å². The molecule has 4 aromatic rings. The summed E-state index contributed by atoms with van der Waals surface area (Å²) in [6.45, 7) is 2.10. The number of aromatic nitrogens is 1. The first kappa shape index (κ1) is 17.6. The van der Waals surface area contributed by atoms with E-state index in [-0.39, 0.29) is 11.7 Å². The molecule has 4 rings (SSSR count). The molecule has 1 unspecified atom stereocenters. The molecule has 1 aromatic heterocycles. The van der Waals surface area contributed by atoms with Crippen molar-refractivity contribution in [3.8, 4) is 0 Å². The second-order valence-electron chi connectivity index (χ2n) is 6.84. The van der Waals surface area contributed by atoms with Crippen LogP contribution in [-0.2, 0) is 0 Å². The van der Waals surface area contributed by atoms with Gasteiger partial charge in [0.25, 0.3) is 0 Å². The minimum Gasteiger partial charge on any atom is -0.361 e. The van der Waals surface area contributed by atoms with E-state index in [1.54, 1.807) is 24.3 Å². The molecule has 0 saturated carbocycles. The maximum atomic E-state index is 13.0. The minimum atomic E-state index is -0.00933. The Bertz CT molecular complexity index is 1080. The van der Waals surface area contributed by atoms with E-state index in [1.165, 1.54) is 10.9 Å². The van der Waals surface area contributed by atoms with Crippen LogP contribution < -0.4 is 0 Å². The normalized spacial score (nSPS) is 12.2. The molecular formula is C24H20ClNO. The molecule has 134 valence electrons. The van der Waals surface area contributed by atoms with Crippen LogP contribution in [0.4, 0.5) is 0 Å². The highest BCUT2D eigenvalue weighted by Crippen LogP contribution is 2.35. The first-order valence-corrected chi connectivity index (χ1v) is 9.41. The lowest BCUT2D eigenvalue weighted by Crippen LogP contribution is -2.09. The largest absolute Gasteiger partial charge is 0.361 e. The predicted molar refractivity (Wildman–Crippen MR) is 112 cm³/mol. The van der Waals surface area contributed by atoms with Gasteiger partial charge in [0.15, 0.2) is 5.78 Å². The minimum absolute atomic E-state index is 0.00933. The van der Waals surface area contributed by atoms with Gasteiger partial charge in [0.2, 0.25) is 0 Å². The number of carbonyl (C=O) groups is 1. The van der Waals surface area contributed by atoms with E-state index in [0.717, 1.165) is 16.6 Å². The molecule has 0 aliphatic heterocycles. The molecule has 0 amide bonds. The molecule has 1 atom stereocenters. The van der Waals surface area contributed by atoms with Gasteiger partial charge in [-0.15, -0.1) is 0 Å². The lowest BCUT2D eigenvalue weighted by molar-refractivity contribution is 0.0978. The van der Waals surface area contributed by atoms with Gasteiger partial charge in [0.1, 0.15) is 0 Å². The Morgan fingerprint density at radius 3 is 2.44 bits per heavy atom. The number of H-pyrrole nitrogens is 1. The molecule has 3 heteroatoms. The van der Waals surface area contributed by atoms with Gasteiger partial charge in [-0.3, -0.25) is 4.79 Å². The SMILES string of the molecule is Cc1cccc2c(C(CC(=O)c3ccc(Cl)cc3)c3ccccc3)c[nH]c12. The highest BCUT2D eigenvalue weighted by Gasteiger charge is 2.22. The number of hydrogen-bond acceptors (Lipinski definition) is 1. The van der Waals surface area contributed by atoms with Crippen LogP contribution in [0.1, 0.15) is 39.4 Å². The second-order valence-corrected chi connectivity index (χ2v) is 7.28. The monoisotopic (exact) mass is 373 g/mol. The summed E-state index contributed by atoms with van der Waals surface area (Å²) < 4.78 is 0. The number of halogens is 1. The van der Waals surface area contributed by atoms with Crippen LogP contribution in [0.2, 0.25) is 5.02 Å². The Labute approximate surface area is 163 Å². The van der Waals surface area contributed by atoms with Crippen LogP contribution >= 0.6 is 11.6 Å². The Kier molecular flexibility index (Phi) is 4.83. The lowest BCUT2D eigenvalue weighted by Gasteiger charge is -2.17. The smallest absolute Gasteiger partial charge is 0.163 e. The number of hydrogen-bond donors (Lipinski definition) is 1. The Balaban J connectivity index is 1.77. The van der Waals surface area contributed by atoms with Crippen molar-refractivity contribution >= 4 is 28.3 Å². The third-order valence-electron chi connectivity index (χ3n) is 5.09. The van der Waals surface area contributed by atoms with Crippen LogP contribution in [0.5, 0.6) is 0 Å². The van der Waals surface area contributed by atoms with Crippen LogP contribution in [0.15, 0.2) is 79.0 Å².